The summed E-state index contributed by atoms with van der Waals surface area (Å²) >= 11 is 1.40. The third kappa shape index (κ3) is 3.38. The molecule has 1 aliphatic carbocycles. The molecule has 8 nitrogen and oxygen atoms in total. The molecule has 1 atom stereocenters. The molecule has 33 heavy (non-hydrogen) atoms. The predicted octanol–water partition coefficient (Wildman–Crippen LogP) is 4.11. The average Bonchev–Trinajstić information content (AvgIpc) is 3.58. The minimum atomic E-state index is -1.27. The van der Waals surface area contributed by atoms with Gasteiger partial charge in [-0.3, -0.25) is 4.79 Å². The Labute approximate surface area is 193 Å². The number of pyridine rings is 1. The first kappa shape index (κ1) is 20.3. The fraction of sp³-hybridized carbons (Fsp3) is 0.375. The van der Waals surface area contributed by atoms with E-state index in [0.29, 0.717) is 53.5 Å². The lowest BCUT2D eigenvalue weighted by atomic mass is 9.97. The molecule has 1 fully saturated rings. The number of aromatic nitrogens is 2. The zero-order valence-corrected chi connectivity index (χ0v) is 18.6. The standard InChI is InChI=1S/C24H22N2O6S/c27-17-9-16-20-14-5-7-30-21(14)19(31-12-13-3-1-2-4-13)10-18(20)32-23(22-25-6-8-33-22)26(16)11-15(17)24(28)29/h6,8-11,13,23H,1-5,7,12H2,(H,28,29). The summed E-state index contributed by atoms with van der Waals surface area (Å²) in [4.78, 5) is 28.7. The van der Waals surface area contributed by atoms with E-state index in [9.17, 15) is 14.7 Å². The summed E-state index contributed by atoms with van der Waals surface area (Å²) in [6, 6.07) is 3.22. The van der Waals surface area contributed by atoms with Crippen LogP contribution in [0.3, 0.4) is 0 Å². The molecule has 2 aliphatic heterocycles. The van der Waals surface area contributed by atoms with Gasteiger partial charge in [0.1, 0.15) is 11.3 Å². The predicted molar refractivity (Wildman–Crippen MR) is 121 cm³/mol. The van der Waals surface area contributed by atoms with Gasteiger partial charge in [0.2, 0.25) is 6.23 Å². The molecule has 2 aromatic heterocycles. The molecule has 0 saturated heterocycles. The normalized spacial score (nSPS) is 18.7. The highest BCUT2D eigenvalue weighted by atomic mass is 32.1. The molecule has 6 rings (SSSR count). The van der Waals surface area contributed by atoms with Gasteiger partial charge in [0, 0.05) is 47.5 Å². The first-order valence-corrected chi connectivity index (χ1v) is 12.0. The highest BCUT2D eigenvalue weighted by Gasteiger charge is 2.35. The van der Waals surface area contributed by atoms with Gasteiger partial charge in [-0.05, 0) is 18.8 Å². The SMILES string of the molecule is O=C(O)c1cn2c(cc1=O)-c1c(cc(OCC3CCCC3)c3c1CCO3)OC2c1nccs1. The van der Waals surface area contributed by atoms with E-state index in [1.54, 1.807) is 10.8 Å². The lowest BCUT2D eigenvalue weighted by Gasteiger charge is -2.31. The van der Waals surface area contributed by atoms with Gasteiger partial charge in [0.05, 0.1) is 18.9 Å². The second kappa shape index (κ2) is 7.91. The van der Waals surface area contributed by atoms with Crippen molar-refractivity contribution in [3.63, 3.8) is 0 Å². The van der Waals surface area contributed by atoms with Crippen LogP contribution in [0.25, 0.3) is 11.3 Å². The van der Waals surface area contributed by atoms with Gasteiger partial charge >= 0.3 is 5.97 Å². The average molecular weight is 467 g/mol. The number of hydrogen-bond acceptors (Lipinski definition) is 7. The Bertz CT molecular complexity index is 1290. The van der Waals surface area contributed by atoms with Gasteiger partial charge in [-0.1, -0.05) is 12.8 Å². The first-order valence-electron chi connectivity index (χ1n) is 11.1. The lowest BCUT2D eigenvalue weighted by molar-refractivity contribution is 0.0693. The highest BCUT2D eigenvalue weighted by molar-refractivity contribution is 7.09. The molecule has 1 saturated carbocycles. The molecule has 3 aromatic rings. The summed E-state index contributed by atoms with van der Waals surface area (Å²) in [7, 11) is 0. The number of hydrogen-bond donors (Lipinski definition) is 1. The summed E-state index contributed by atoms with van der Waals surface area (Å²) in [5.41, 5.74) is 1.40. The van der Waals surface area contributed by atoms with Crippen LogP contribution in [0.2, 0.25) is 0 Å². The smallest absolute Gasteiger partial charge is 0.341 e. The van der Waals surface area contributed by atoms with E-state index in [1.165, 1.54) is 49.3 Å². The van der Waals surface area contributed by atoms with Crippen LogP contribution in [-0.2, 0) is 6.42 Å². The number of thiazole rings is 1. The van der Waals surface area contributed by atoms with Crippen molar-refractivity contribution in [3.8, 4) is 28.5 Å². The largest absolute Gasteiger partial charge is 0.489 e. The second-order valence-electron chi connectivity index (χ2n) is 8.61. The molecule has 170 valence electrons. The molecular weight excluding hydrogens is 444 g/mol. The molecule has 9 heteroatoms. The van der Waals surface area contributed by atoms with Crippen LogP contribution in [0.1, 0.15) is 52.8 Å². The molecule has 1 aromatic carbocycles. The third-order valence-corrected chi connectivity index (χ3v) is 7.38. The topological polar surface area (TPSA) is 99.9 Å². The Kier molecular flexibility index (Phi) is 4.86. The molecule has 0 amide bonds. The number of benzene rings is 1. The van der Waals surface area contributed by atoms with Crippen LogP contribution in [0.4, 0.5) is 0 Å². The van der Waals surface area contributed by atoms with E-state index in [2.05, 4.69) is 4.98 Å². The molecule has 1 N–H and O–H groups in total. The van der Waals surface area contributed by atoms with Gasteiger partial charge < -0.3 is 23.9 Å². The molecule has 0 radical (unpaired) electrons. The van der Waals surface area contributed by atoms with Gasteiger partial charge in [0.25, 0.3) is 0 Å². The number of nitrogens with zero attached hydrogens (tertiary/aromatic N) is 2. The van der Waals surface area contributed by atoms with Crippen LogP contribution >= 0.6 is 11.3 Å². The number of aromatic carboxylic acids is 1. The maximum atomic E-state index is 12.6. The Hall–Kier alpha value is -3.33. The molecule has 1 unspecified atom stereocenters. The maximum Gasteiger partial charge on any atom is 0.341 e. The van der Waals surface area contributed by atoms with Gasteiger partial charge in [-0.2, -0.15) is 0 Å². The lowest BCUT2D eigenvalue weighted by Crippen LogP contribution is -2.28. The van der Waals surface area contributed by atoms with Gasteiger partial charge in [-0.25, -0.2) is 9.78 Å². The second-order valence-corrected chi connectivity index (χ2v) is 9.53. The van der Waals surface area contributed by atoms with Crippen molar-refractivity contribution in [3.05, 3.63) is 56.3 Å². The van der Waals surface area contributed by atoms with Crippen molar-refractivity contribution in [1.82, 2.24) is 9.55 Å². The van der Waals surface area contributed by atoms with Crippen molar-refractivity contribution in [2.24, 2.45) is 5.92 Å². The minimum absolute atomic E-state index is 0.309. The van der Waals surface area contributed by atoms with E-state index in [0.717, 1.165) is 11.1 Å². The van der Waals surface area contributed by atoms with Crippen molar-refractivity contribution in [2.75, 3.05) is 13.2 Å². The van der Waals surface area contributed by atoms with Crippen molar-refractivity contribution < 1.29 is 24.1 Å². The van der Waals surface area contributed by atoms with Crippen LogP contribution in [0.15, 0.2) is 34.7 Å². The molecule has 0 bridgehead atoms. The zero-order chi connectivity index (χ0) is 22.5. The van der Waals surface area contributed by atoms with Crippen LogP contribution in [0.5, 0.6) is 17.2 Å². The fourth-order valence-corrected chi connectivity index (χ4v) is 5.65. The number of rotatable bonds is 5. The van der Waals surface area contributed by atoms with Crippen LogP contribution < -0.4 is 19.6 Å². The Morgan fingerprint density at radius 2 is 2.15 bits per heavy atom. The van der Waals surface area contributed by atoms with E-state index in [4.69, 9.17) is 14.2 Å². The quantitative estimate of drug-likeness (QED) is 0.604. The van der Waals surface area contributed by atoms with Gasteiger partial charge in [0.15, 0.2) is 21.9 Å². The molecule has 3 aliphatic rings. The summed E-state index contributed by atoms with van der Waals surface area (Å²) in [5, 5.41) is 12.0. The number of ether oxygens (including phenoxy) is 3. The van der Waals surface area contributed by atoms with Crippen molar-refractivity contribution in [2.45, 2.75) is 38.3 Å². The van der Waals surface area contributed by atoms with Crippen LogP contribution in [-0.4, -0.2) is 33.8 Å². The van der Waals surface area contributed by atoms with E-state index < -0.39 is 17.6 Å². The number of carboxylic acids is 1. The first-order chi connectivity index (χ1) is 16.1. The van der Waals surface area contributed by atoms with Crippen molar-refractivity contribution in [1.29, 1.82) is 0 Å². The Morgan fingerprint density at radius 3 is 2.91 bits per heavy atom. The minimum Gasteiger partial charge on any atom is -0.489 e. The molecule has 4 heterocycles. The van der Waals surface area contributed by atoms with E-state index in [1.807, 2.05) is 11.4 Å². The summed E-state index contributed by atoms with van der Waals surface area (Å²) < 4.78 is 20.2. The maximum absolute atomic E-state index is 12.6. The van der Waals surface area contributed by atoms with Crippen LogP contribution in [0, 0.1) is 5.92 Å². The zero-order valence-electron chi connectivity index (χ0n) is 17.8. The number of carboxylic acid groups (broad SMARTS) is 1. The fourth-order valence-electron chi connectivity index (χ4n) is 4.99. The summed E-state index contributed by atoms with van der Waals surface area (Å²) in [6.07, 6.45) is 7.84. The van der Waals surface area contributed by atoms with Gasteiger partial charge in [-0.15, -0.1) is 11.3 Å². The number of fused-ring (bicyclic) bond motifs is 5. The Balaban J connectivity index is 1.50. The summed E-state index contributed by atoms with van der Waals surface area (Å²) in [5.74, 6) is 1.20. The monoisotopic (exact) mass is 466 g/mol. The number of carbonyl (C=O) groups is 1. The van der Waals surface area contributed by atoms with Crippen molar-refractivity contribution >= 4 is 17.3 Å². The Morgan fingerprint density at radius 1 is 1.30 bits per heavy atom. The third-order valence-electron chi connectivity index (χ3n) is 6.58. The van der Waals surface area contributed by atoms with E-state index >= 15 is 0 Å². The highest BCUT2D eigenvalue weighted by Crippen LogP contribution is 2.51. The molecule has 0 spiro atoms. The summed E-state index contributed by atoms with van der Waals surface area (Å²) in [6.45, 7) is 1.15. The molecular formula is C24H22N2O6S. The van der Waals surface area contributed by atoms with E-state index in [-0.39, 0.29) is 5.56 Å².